The summed E-state index contributed by atoms with van der Waals surface area (Å²) < 4.78 is 0. The molecule has 0 amide bonds. The van der Waals surface area contributed by atoms with Gasteiger partial charge in [-0.15, -0.1) is 0 Å². The van der Waals surface area contributed by atoms with Gasteiger partial charge in [-0.25, -0.2) is 4.79 Å². The second-order valence-electron chi connectivity index (χ2n) is 5.90. The molecule has 0 radical (unpaired) electrons. The minimum atomic E-state index is -0.879. The minimum Gasteiger partial charge on any atom is -0.478 e. The van der Waals surface area contributed by atoms with Gasteiger partial charge in [0.05, 0.1) is 5.56 Å². The number of carbonyl (C=O) groups is 1. The maximum Gasteiger partial charge on any atom is 0.335 e. The predicted molar refractivity (Wildman–Crippen MR) is 103 cm³/mol. The summed E-state index contributed by atoms with van der Waals surface area (Å²) >= 11 is 0. The zero-order chi connectivity index (χ0) is 18.2. The molecule has 0 aliphatic carbocycles. The Balaban J connectivity index is 0.000000212. The van der Waals surface area contributed by atoms with Crippen molar-refractivity contribution in [3.63, 3.8) is 0 Å². The molecule has 0 atom stereocenters. The first-order valence-corrected chi connectivity index (χ1v) is 8.16. The topological polar surface area (TPSA) is 63.3 Å². The molecule has 0 bridgehead atoms. The van der Waals surface area contributed by atoms with E-state index in [1.54, 1.807) is 30.3 Å². The Hall–Kier alpha value is -3.07. The maximum atomic E-state index is 10.2. The van der Waals surface area contributed by atoms with E-state index < -0.39 is 5.97 Å². The number of benzene rings is 3. The monoisotopic (exact) mass is 333 g/mol. The molecule has 3 N–H and O–H groups in total. The number of anilines is 1. The second kappa shape index (κ2) is 8.69. The SMILES string of the molecule is Cc1c(N)ccc(Cc2ccccc2)c1C.O=C(O)c1ccccc1. The minimum absolute atomic E-state index is 0.331. The fraction of sp³-hybridized carbons (Fsp3) is 0.136. The van der Waals surface area contributed by atoms with Crippen LogP contribution in [0.25, 0.3) is 0 Å². The largest absolute Gasteiger partial charge is 0.478 e. The van der Waals surface area contributed by atoms with Gasteiger partial charge in [-0.3, -0.25) is 0 Å². The standard InChI is InChI=1S/C15H17N.C7H6O2/c1-11-12(2)15(16)9-8-14(11)10-13-6-4-3-5-7-13;8-7(9)6-4-2-1-3-5-6/h3-9H,10,16H2,1-2H3;1-5H,(H,8,9). The van der Waals surface area contributed by atoms with Crippen LogP contribution in [0.4, 0.5) is 5.69 Å². The Morgan fingerprint density at radius 1 is 0.840 bits per heavy atom. The van der Waals surface area contributed by atoms with Crippen LogP contribution in [0.5, 0.6) is 0 Å². The number of hydrogen-bond acceptors (Lipinski definition) is 2. The van der Waals surface area contributed by atoms with Crippen molar-refractivity contribution in [2.75, 3.05) is 5.73 Å². The van der Waals surface area contributed by atoms with E-state index in [0.717, 1.165) is 12.1 Å². The van der Waals surface area contributed by atoms with E-state index in [1.807, 2.05) is 12.1 Å². The molecule has 0 unspecified atom stereocenters. The lowest BCUT2D eigenvalue weighted by molar-refractivity contribution is 0.0697. The first-order valence-electron chi connectivity index (χ1n) is 8.16. The van der Waals surface area contributed by atoms with Gasteiger partial charge in [0.2, 0.25) is 0 Å². The zero-order valence-electron chi connectivity index (χ0n) is 14.6. The molecule has 3 nitrogen and oxygen atoms in total. The number of aromatic carboxylic acids is 1. The van der Waals surface area contributed by atoms with Crippen molar-refractivity contribution in [1.82, 2.24) is 0 Å². The number of nitrogen functional groups attached to an aromatic ring is 1. The van der Waals surface area contributed by atoms with Crippen LogP contribution in [-0.2, 0) is 6.42 Å². The van der Waals surface area contributed by atoms with Crippen LogP contribution in [0.15, 0.2) is 72.8 Å². The van der Waals surface area contributed by atoms with Gasteiger partial charge in [-0.05, 0) is 60.7 Å². The van der Waals surface area contributed by atoms with E-state index in [-0.39, 0.29) is 0 Å². The summed E-state index contributed by atoms with van der Waals surface area (Å²) in [6.45, 7) is 4.23. The summed E-state index contributed by atoms with van der Waals surface area (Å²) in [6.07, 6.45) is 0.980. The lowest BCUT2D eigenvalue weighted by Gasteiger charge is -2.11. The predicted octanol–water partition coefficient (Wildman–Crippen LogP) is 4.86. The van der Waals surface area contributed by atoms with Crippen LogP contribution < -0.4 is 5.73 Å². The van der Waals surface area contributed by atoms with Crippen LogP contribution >= 0.6 is 0 Å². The van der Waals surface area contributed by atoms with Crippen LogP contribution in [0, 0.1) is 13.8 Å². The second-order valence-corrected chi connectivity index (χ2v) is 5.90. The van der Waals surface area contributed by atoms with Crippen LogP contribution in [0.2, 0.25) is 0 Å². The molecule has 0 aliphatic heterocycles. The van der Waals surface area contributed by atoms with Crippen molar-refractivity contribution in [2.45, 2.75) is 20.3 Å². The van der Waals surface area contributed by atoms with E-state index in [2.05, 4.69) is 44.2 Å². The summed E-state index contributed by atoms with van der Waals surface area (Å²) in [5, 5.41) is 8.38. The van der Waals surface area contributed by atoms with Gasteiger partial charge >= 0.3 is 5.97 Å². The number of hydrogen-bond donors (Lipinski definition) is 2. The molecule has 0 heterocycles. The van der Waals surface area contributed by atoms with Crippen molar-refractivity contribution >= 4 is 11.7 Å². The molecular formula is C22H23NO2. The maximum absolute atomic E-state index is 10.2. The van der Waals surface area contributed by atoms with Crippen molar-refractivity contribution in [2.24, 2.45) is 0 Å². The average molecular weight is 333 g/mol. The lowest BCUT2D eigenvalue weighted by atomic mass is 9.96. The fourth-order valence-corrected chi connectivity index (χ4v) is 2.49. The van der Waals surface area contributed by atoms with Crippen molar-refractivity contribution < 1.29 is 9.90 Å². The Kier molecular flexibility index (Phi) is 6.35. The number of nitrogens with two attached hydrogens (primary N) is 1. The molecule has 0 saturated heterocycles. The Morgan fingerprint density at radius 2 is 1.40 bits per heavy atom. The molecule has 3 aromatic rings. The van der Waals surface area contributed by atoms with E-state index in [9.17, 15) is 4.79 Å². The summed E-state index contributed by atoms with van der Waals surface area (Å²) in [5.41, 5.74) is 12.3. The van der Waals surface area contributed by atoms with Gasteiger partial charge in [-0.1, -0.05) is 54.6 Å². The van der Waals surface area contributed by atoms with Crippen LogP contribution in [0.1, 0.15) is 32.6 Å². The van der Waals surface area contributed by atoms with E-state index >= 15 is 0 Å². The van der Waals surface area contributed by atoms with Gasteiger partial charge in [0.1, 0.15) is 0 Å². The van der Waals surface area contributed by atoms with Crippen LogP contribution in [-0.4, -0.2) is 11.1 Å². The fourth-order valence-electron chi connectivity index (χ4n) is 2.49. The van der Waals surface area contributed by atoms with E-state index in [1.165, 1.54) is 22.3 Å². The van der Waals surface area contributed by atoms with E-state index in [4.69, 9.17) is 10.8 Å². The summed E-state index contributed by atoms with van der Waals surface area (Å²) in [5.74, 6) is -0.879. The first kappa shape index (κ1) is 18.3. The van der Waals surface area contributed by atoms with Gasteiger partial charge in [0.25, 0.3) is 0 Å². The molecular weight excluding hydrogens is 310 g/mol. The highest BCUT2D eigenvalue weighted by Gasteiger charge is 2.04. The van der Waals surface area contributed by atoms with Crippen LogP contribution in [0.3, 0.4) is 0 Å². The third-order valence-corrected chi connectivity index (χ3v) is 4.20. The molecule has 3 aromatic carbocycles. The lowest BCUT2D eigenvalue weighted by Crippen LogP contribution is -1.98. The number of carboxylic acids is 1. The molecule has 0 spiro atoms. The molecule has 3 heteroatoms. The first-order chi connectivity index (χ1) is 12.0. The summed E-state index contributed by atoms with van der Waals surface area (Å²) in [7, 11) is 0. The third-order valence-electron chi connectivity index (χ3n) is 4.20. The smallest absolute Gasteiger partial charge is 0.335 e. The Labute approximate surface area is 148 Å². The van der Waals surface area contributed by atoms with Gasteiger partial charge < -0.3 is 10.8 Å². The molecule has 0 saturated carbocycles. The van der Waals surface area contributed by atoms with Gasteiger partial charge in [0.15, 0.2) is 0 Å². The molecule has 25 heavy (non-hydrogen) atoms. The Bertz CT molecular complexity index is 827. The van der Waals surface area contributed by atoms with Gasteiger partial charge in [-0.2, -0.15) is 0 Å². The van der Waals surface area contributed by atoms with E-state index in [0.29, 0.717) is 5.56 Å². The average Bonchev–Trinajstić information content (AvgIpc) is 2.64. The van der Waals surface area contributed by atoms with Crippen molar-refractivity contribution in [3.8, 4) is 0 Å². The molecule has 128 valence electrons. The summed E-state index contributed by atoms with van der Waals surface area (Å²) in [6, 6.07) is 22.9. The van der Waals surface area contributed by atoms with Gasteiger partial charge in [0, 0.05) is 5.69 Å². The molecule has 0 aromatic heterocycles. The molecule has 0 fully saturated rings. The zero-order valence-corrected chi connectivity index (χ0v) is 14.6. The number of carboxylic acid groups (broad SMARTS) is 1. The summed E-state index contributed by atoms with van der Waals surface area (Å²) in [4.78, 5) is 10.2. The quantitative estimate of drug-likeness (QED) is 0.673. The highest BCUT2D eigenvalue weighted by atomic mass is 16.4. The highest BCUT2D eigenvalue weighted by Crippen LogP contribution is 2.21. The molecule has 3 rings (SSSR count). The van der Waals surface area contributed by atoms with Crippen molar-refractivity contribution in [3.05, 3.63) is 101 Å². The third kappa shape index (κ3) is 5.21. The number of rotatable bonds is 3. The van der Waals surface area contributed by atoms with Crippen molar-refractivity contribution in [1.29, 1.82) is 0 Å². The normalized spacial score (nSPS) is 9.84. The highest BCUT2D eigenvalue weighted by molar-refractivity contribution is 5.87. The molecule has 0 aliphatic rings. The Morgan fingerprint density at radius 3 is 1.92 bits per heavy atom.